The number of hydrogen-bond donors (Lipinski definition) is 2. The Balaban J connectivity index is 2.52. The van der Waals surface area contributed by atoms with E-state index >= 15 is 0 Å². The van der Waals surface area contributed by atoms with Crippen molar-refractivity contribution in [1.29, 1.82) is 0 Å². The van der Waals surface area contributed by atoms with Crippen LogP contribution < -0.4 is 11.5 Å². The summed E-state index contributed by atoms with van der Waals surface area (Å²) in [4.78, 5) is 3.85. The molecule has 1 aromatic heterocycles. The molecule has 0 aliphatic heterocycles. The van der Waals surface area contributed by atoms with E-state index in [1.807, 2.05) is 13.8 Å². The molecule has 0 aromatic carbocycles. The Kier molecular flexibility index (Phi) is 2.65. The van der Waals surface area contributed by atoms with E-state index in [4.69, 9.17) is 16.0 Å². The monoisotopic (exact) mass is 170 g/mol. The van der Waals surface area contributed by atoms with Gasteiger partial charge in [0, 0.05) is 12.5 Å². The molecule has 1 aromatic rings. The largest absolute Gasteiger partial charge is 0.365 e. The summed E-state index contributed by atoms with van der Waals surface area (Å²) >= 11 is 0. The maximum Gasteiger partial charge on any atom is 0.260 e. The van der Waals surface area contributed by atoms with Gasteiger partial charge in [0.2, 0.25) is 5.89 Å². The molecule has 0 aliphatic rings. The number of nitrogens with two attached hydrogens (primary N) is 2. The molecule has 0 aliphatic carbocycles. The maximum atomic E-state index is 5.79. The first-order valence-corrected chi connectivity index (χ1v) is 3.93. The third kappa shape index (κ3) is 2.20. The number of aromatic nitrogens is 2. The van der Waals surface area contributed by atoms with Crippen molar-refractivity contribution in [3.05, 3.63) is 5.89 Å². The molecule has 1 atom stereocenters. The maximum absolute atomic E-state index is 5.79. The van der Waals surface area contributed by atoms with Crippen molar-refractivity contribution in [3.63, 3.8) is 0 Å². The van der Waals surface area contributed by atoms with Gasteiger partial charge in [0.05, 0.1) is 0 Å². The minimum absolute atomic E-state index is 0.0462. The molecule has 0 fully saturated rings. The standard InChI is InChI=1S/C7H14N4O/c1-4(2)5(8)3-6-10-7(9)11-12-6/h4-5H,3,8H2,1-2H3,(H2,9,11). The Morgan fingerprint density at radius 2 is 2.17 bits per heavy atom. The van der Waals surface area contributed by atoms with Gasteiger partial charge < -0.3 is 16.0 Å². The molecule has 1 unspecified atom stereocenters. The Bertz CT molecular complexity index is 245. The second-order valence-electron chi connectivity index (χ2n) is 3.16. The number of nitrogen functional groups attached to an aromatic ring is 1. The van der Waals surface area contributed by atoms with Gasteiger partial charge in [0.25, 0.3) is 5.95 Å². The van der Waals surface area contributed by atoms with Crippen LogP contribution in [0.3, 0.4) is 0 Å². The zero-order valence-electron chi connectivity index (χ0n) is 7.32. The van der Waals surface area contributed by atoms with Crippen LogP contribution in [-0.2, 0) is 6.42 Å². The minimum atomic E-state index is 0.0462. The molecule has 12 heavy (non-hydrogen) atoms. The molecule has 0 radical (unpaired) electrons. The fraction of sp³-hybridized carbons (Fsp3) is 0.714. The van der Waals surface area contributed by atoms with E-state index in [1.54, 1.807) is 0 Å². The summed E-state index contributed by atoms with van der Waals surface area (Å²) in [7, 11) is 0. The summed E-state index contributed by atoms with van der Waals surface area (Å²) in [5.41, 5.74) is 11.1. The Morgan fingerprint density at radius 3 is 2.58 bits per heavy atom. The third-order valence-corrected chi connectivity index (χ3v) is 1.75. The summed E-state index contributed by atoms with van der Waals surface area (Å²) in [5, 5.41) is 3.47. The van der Waals surface area contributed by atoms with Crippen LogP contribution in [0.25, 0.3) is 0 Å². The number of nitrogens with zero attached hydrogens (tertiary/aromatic N) is 2. The SMILES string of the molecule is CC(C)C(N)Cc1nc(N)no1. The van der Waals surface area contributed by atoms with E-state index in [2.05, 4.69) is 10.1 Å². The Morgan fingerprint density at radius 1 is 1.50 bits per heavy atom. The lowest BCUT2D eigenvalue weighted by Crippen LogP contribution is -2.28. The van der Waals surface area contributed by atoms with Gasteiger partial charge in [0.15, 0.2) is 0 Å². The average molecular weight is 170 g/mol. The quantitative estimate of drug-likeness (QED) is 0.675. The van der Waals surface area contributed by atoms with E-state index < -0.39 is 0 Å². The highest BCUT2D eigenvalue weighted by Crippen LogP contribution is 2.06. The predicted molar refractivity (Wildman–Crippen MR) is 45.2 cm³/mol. The van der Waals surface area contributed by atoms with Crippen LogP contribution in [0.15, 0.2) is 4.52 Å². The molecule has 0 amide bonds. The highest BCUT2D eigenvalue weighted by molar-refractivity contribution is 5.10. The molecule has 0 saturated carbocycles. The average Bonchev–Trinajstić information content (AvgIpc) is 2.35. The third-order valence-electron chi connectivity index (χ3n) is 1.75. The number of rotatable bonds is 3. The molecule has 0 saturated heterocycles. The van der Waals surface area contributed by atoms with Crippen molar-refractivity contribution >= 4 is 5.95 Å². The van der Waals surface area contributed by atoms with Gasteiger partial charge in [-0.3, -0.25) is 0 Å². The topological polar surface area (TPSA) is 91.0 Å². The first kappa shape index (κ1) is 8.99. The van der Waals surface area contributed by atoms with E-state index in [9.17, 15) is 0 Å². The van der Waals surface area contributed by atoms with Crippen molar-refractivity contribution in [2.45, 2.75) is 26.3 Å². The van der Waals surface area contributed by atoms with Crippen LogP contribution >= 0.6 is 0 Å². The molecular formula is C7H14N4O. The van der Waals surface area contributed by atoms with Gasteiger partial charge in [-0.1, -0.05) is 13.8 Å². The lowest BCUT2D eigenvalue weighted by atomic mass is 10.0. The van der Waals surface area contributed by atoms with E-state index in [-0.39, 0.29) is 12.0 Å². The molecule has 68 valence electrons. The molecule has 5 nitrogen and oxygen atoms in total. The van der Waals surface area contributed by atoms with Gasteiger partial charge in [0.1, 0.15) is 0 Å². The first-order chi connectivity index (χ1) is 5.59. The van der Waals surface area contributed by atoms with Crippen LogP contribution in [0.1, 0.15) is 19.7 Å². The summed E-state index contributed by atoms with van der Waals surface area (Å²) in [5.74, 6) is 1.08. The van der Waals surface area contributed by atoms with Gasteiger partial charge in [-0.05, 0) is 11.1 Å². The van der Waals surface area contributed by atoms with Gasteiger partial charge >= 0.3 is 0 Å². The summed E-state index contributed by atoms with van der Waals surface area (Å²) in [6.45, 7) is 4.09. The predicted octanol–water partition coefficient (Wildman–Crippen LogP) is 0.178. The van der Waals surface area contributed by atoms with Crippen LogP contribution in [0.2, 0.25) is 0 Å². The lowest BCUT2D eigenvalue weighted by Gasteiger charge is -2.11. The van der Waals surface area contributed by atoms with Crippen molar-refractivity contribution in [2.24, 2.45) is 11.7 Å². The number of hydrogen-bond acceptors (Lipinski definition) is 5. The zero-order chi connectivity index (χ0) is 9.14. The molecule has 1 heterocycles. The molecular weight excluding hydrogens is 156 g/mol. The summed E-state index contributed by atoms with van der Waals surface area (Å²) < 4.78 is 4.82. The normalized spacial score (nSPS) is 13.7. The number of anilines is 1. The summed E-state index contributed by atoms with van der Waals surface area (Å²) in [6, 6.07) is 0.0462. The molecule has 5 heteroatoms. The van der Waals surface area contributed by atoms with Crippen molar-refractivity contribution < 1.29 is 4.52 Å². The lowest BCUT2D eigenvalue weighted by molar-refractivity contribution is 0.353. The van der Waals surface area contributed by atoms with Gasteiger partial charge in [-0.2, -0.15) is 4.98 Å². The van der Waals surface area contributed by atoms with Gasteiger partial charge in [-0.25, -0.2) is 0 Å². The second kappa shape index (κ2) is 3.53. The van der Waals surface area contributed by atoms with Crippen molar-refractivity contribution in [1.82, 2.24) is 10.1 Å². The minimum Gasteiger partial charge on any atom is -0.365 e. The van der Waals surface area contributed by atoms with Gasteiger partial charge in [-0.15, -0.1) is 0 Å². The smallest absolute Gasteiger partial charge is 0.260 e. The van der Waals surface area contributed by atoms with Crippen LogP contribution in [0.5, 0.6) is 0 Å². The second-order valence-corrected chi connectivity index (χ2v) is 3.16. The first-order valence-electron chi connectivity index (χ1n) is 3.93. The van der Waals surface area contributed by atoms with Crippen LogP contribution in [0.4, 0.5) is 5.95 Å². The van der Waals surface area contributed by atoms with E-state index in [0.717, 1.165) is 0 Å². The van der Waals surface area contributed by atoms with Crippen LogP contribution in [-0.4, -0.2) is 16.2 Å². The molecule has 1 rings (SSSR count). The molecule has 4 N–H and O–H groups in total. The van der Waals surface area contributed by atoms with Crippen LogP contribution in [0, 0.1) is 5.92 Å². The van der Waals surface area contributed by atoms with E-state index in [0.29, 0.717) is 18.2 Å². The van der Waals surface area contributed by atoms with E-state index in [1.165, 1.54) is 0 Å². The van der Waals surface area contributed by atoms with Crippen molar-refractivity contribution in [2.75, 3.05) is 5.73 Å². The molecule has 0 spiro atoms. The molecule has 0 bridgehead atoms. The highest BCUT2D eigenvalue weighted by Gasteiger charge is 2.12. The highest BCUT2D eigenvalue weighted by atomic mass is 16.5. The fourth-order valence-corrected chi connectivity index (χ4v) is 0.788. The van der Waals surface area contributed by atoms with Crippen molar-refractivity contribution in [3.8, 4) is 0 Å². The Labute approximate surface area is 71.1 Å². The Hall–Kier alpha value is -1.10. The summed E-state index contributed by atoms with van der Waals surface area (Å²) in [6.07, 6.45) is 0.585. The zero-order valence-corrected chi connectivity index (χ0v) is 7.32. The fourth-order valence-electron chi connectivity index (χ4n) is 0.788.